The Hall–Kier alpha value is -2.09. The van der Waals surface area contributed by atoms with Gasteiger partial charge in [-0.3, -0.25) is 0 Å². The lowest BCUT2D eigenvalue weighted by molar-refractivity contribution is -0.110. The quantitative estimate of drug-likeness (QED) is 0.655. The van der Waals surface area contributed by atoms with Crippen molar-refractivity contribution in [2.75, 3.05) is 0 Å². The molecule has 6 nitrogen and oxygen atoms in total. The predicted molar refractivity (Wildman–Crippen MR) is 115 cm³/mol. The summed E-state index contributed by atoms with van der Waals surface area (Å²) in [5.41, 5.74) is -1.99. The molecular weight excluding hydrogens is 449 g/mol. The maximum atomic E-state index is 13.4. The summed E-state index contributed by atoms with van der Waals surface area (Å²) >= 11 is 12.0. The van der Waals surface area contributed by atoms with Crippen LogP contribution in [0.25, 0.3) is 0 Å². The molecule has 0 heterocycles. The molecule has 0 bridgehead atoms. The van der Waals surface area contributed by atoms with E-state index < -0.39 is 38.2 Å². The van der Waals surface area contributed by atoms with Gasteiger partial charge in [0.1, 0.15) is 22.7 Å². The van der Waals surface area contributed by atoms with Crippen molar-refractivity contribution in [3.8, 4) is 0 Å². The van der Waals surface area contributed by atoms with Crippen LogP contribution in [-0.2, 0) is 19.4 Å². The Labute approximate surface area is 185 Å². The summed E-state index contributed by atoms with van der Waals surface area (Å²) < 4.78 is 32.0. The molecule has 1 N–H and O–H groups in total. The van der Waals surface area contributed by atoms with Gasteiger partial charge in [0.05, 0.1) is 4.90 Å². The average Bonchev–Trinajstić information content (AvgIpc) is 3.30. The van der Waals surface area contributed by atoms with Gasteiger partial charge in [0.2, 0.25) is 0 Å². The van der Waals surface area contributed by atoms with Gasteiger partial charge >= 0.3 is 6.09 Å². The molecule has 1 aliphatic carbocycles. The number of amides is 1. The first-order valence-corrected chi connectivity index (χ1v) is 11.4. The molecule has 0 spiro atoms. The molecule has 0 unspecified atom stereocenters. The van der Waals surface area contributed by atoms with Crippen LogP contribution < -0.4 is 5.32 Å². The number of aldehydes is 1. The van der Waals surface area contributed by atoms with Gasteiger partial charge in [0, 0.05) is 16.0 Å². The Morgan fingerprint density at radius 1 is 1.10 bits per heavy atom. The molecule has 3 atom stereocenters. The number of hydrogen-bond acceptors (Lipinski definition) is 5. The second kappa shape index (κ2) is 7.87. The van der Waals surface area contributed by atoms with Crippen LogP contribution in [0.4, 0.5) is 4.79 Å². The minimum absolute atomic E-state index is 0.00126. The second-order valence-corrected chi connectivity index (χ2v) is 11.1. The summed E-state index contributed by atoms with van der Waals surface area (Å²) in [6.07, 6.45) is -0.420. The van der Waals surface area contributed by atoms with Crippen LogP contribution in [0.5, 0.6) is 0 Å². The molecule has 1 aliphatic rings. The number of carbonyl (C=O) groups is 2. The first-order chi connectivity index (χ1) is 13.9. The number of alkyl carbamates (subject to hydrolysis) is 1. The highest BCUT2D eigenvalue weighted by molar-refractivity contribution is 7.92. The Morgan fingerprint density at radius 3 is 2.27 bits per heavy atom. The van der Waals surface area contributed by atoms with E-state index in [4.69, 9.17) is 27.9 Å². The molecule has 9 heteroatoms. The third kappa shape index (κ3) is 4.33. The van der Waals surface area contributed by atoms with E-state index in [9.17, 15) is 18.0 Å². The first kappa shape index (κ1) is 22.6. The van der Waals surface area contributed by atoms with Crippen molar-refractivity contribution in [3.63, 3.8) is 0 Å². The van der Waals surface area contributed by atoms with Crippen LogP contribution in [0.2, 0.25) is 10.0 Å². The SMILES string of the molecule is CC(C)(C)OC(=O)N[C@]1(C=O)[C@@H](c2cccc(Cl)c2)[C@@H]1S(=O)(=O)c1ccc(Cl)cc1. The maximum absolute atomic E-state index is 13.4. The summed E-state index contributed by atoms with van der Waals surface area (Å²) in [5.74, 6) is -0.832. The van der Waals surface area contributed by atoms with E-state index in [-0.39, 0.29) is 4.90 Å². The zero-order valence-corrected chi connectivity index (χ0v) is 18.9. The lowest BCUT2D eigenvalue weighted by Crippen LogP contribution is -2.45. The molecule has 30 heavy (non-hydrogen) atoms. The third-order valence-corrected chi connectivity index (χ3v) is 7.52. The van der Waals surface area contributed by atoms with Gasteiger partial charge in [0.25, 0.3) is 0 Å². The van der Waals surface area contributed by atoms with E-state index in [2.05, 4.69) is 5.32 Å². The van der Waals surface area contributed by atoms with Crippen molar-refractivity contribution >= 4 is 45.4 Å². The molecule has 2 aromatic carbocycles. The van der Waals surface area contributed by atoms with Crippen molar-refractivity contribution in [1.82, 2.24) is 5.32 Å². The van der Waals surface area contributed by atoms with E-state index in [1.54, 1.807) is 45.0 Å². The van der Waals surface area contributed by atoms with Gasteiger partial charge in [-0.25, -0.2) is 13.2 Å². The number of ether oxygens (including phenoxy) is 1. The molecule has 1 amide bonds. The Morgan fingerprint density at radius 2 is 1.73 bits per heavy atom. The molecule has 1 saturated carbocycles. The lowest BCUT2D eigenvalue weighted by atomic mass is 10.1. The third-order valence-electron chi connectivity index (χ3n) is 4.78. The molecule has 0 aliphatic heterocycles. The minimum Gasteiger partial charge on any atom is -0.444 e. The second-order valence-electron chi connectivity index (χ2n) is 8.13. The molecule has 3 rings (SSSR count). The Balaban J connectivity index is 2.06. The standard InChI is InChI=1S/C21H21Cl2NO5S/c1-20(2,3)29-19(26)24-21(12-25)17(13-5-4-6-15(23)11-13)18(21)30(27,28)16-9-7-14(22)8-10-16/h4-12,17-18H,1-3H3,(H,24,26)/t17-,18-,21+/m0/s1. The monoisotopic (exact) mass is 469 g/mol. The topological polar surface area (TPSA) is 89.5 Å². The number of rotatable bonds is 5. The number of halogens is 2. The molecule has 160 valence electrons. The fraction of sp³-hybridized carbons (Fsp3) is 0.333. The van der Waals surface area contributed by atoms with Crippen molar-refractivity contribution in [2.24, 2.45) is 0 Å². The minimum atomic E-state index is -4.00. The number of hydrogen-bond donors (Lipinski definition) is 1. The van der Waals surface area contributed by atoms with Crippen LogP contribution >= 0.6 is 23.2 Å². The van der Waals surface area contributed by atoms with Crippen LogP contribution in [-0.4, -0.2) is 37.2 Å². The van der Waals surface area contributed by atoms with E-state index in [1.165, 1.54) is 24.3 Å². The van der Waals surface area contributed by atoms with E-state index in [1.807, 2.05) is 0 Å². The van der Waals surface area contributed by atoms with Crippen LogP contribution in [0, 0.1) is 0 Å². The predicted octanol–water partition coefficient (Wildman–Crippen LogP) is 4.40. The summed E-state index contributed by atoms with van der Waals surface area (Å²) in [6, 6.07) is 12.2. The van der Waals surface area contributed by atoms with Gasteiger partial charge < -0.3 is 14.8 Å². The van der Waals surface area contributed by atoms with Gasteiger partial charge in [-0.05, 0) is 62.7 Å². The number of benzene rings is 2. The van der Waals surface area contributed by atoms with Crippen LogP contribution in [0.3, 0.4) is 0 Å². The van der Waals surface area contributed by atoms with Crippen molar-refractivity contribution in [3.05, 3.63) is 64.1 Å². The van der Waals surface area contributed by atoms with Gasteiger partial charge in [-0.15, -0.1) is 0 Å². The molecule has 1 fully saturated rings. The van der Waals surface area contributed by atoms with E-state index >= 15 is 0 Å². The fourth-order valence-corrected chi connectivity index (χ4v) is 6.10. The normalized spacial score (nSPS) is 23.5. The van der Waals surface area contributed by atoms with Gasteiger partial charge in [-0.2, -0.15) is 0 Å². The molecule has 0 aromatic heterocycles. The molecule has 0 saturated heterocycles. The Bertz CT molecular complexity index is 1080. The van der Waals surface area contributed by atoms with Crippen LogP contribution in [0.1, 0.15) is 32.3 Å². The van der Waals surface area contributed by atoms with Crippen LogP contribution in [0.15, 0.2) is 53.4 Å². The fourth-order valence-electron chi connectivity index (χ4n) is 3.53. The highest BCUT2D eigenvalue weighted by Crippen LogP contribution is 2.56. The molecular formula is C21H21Cl2NO5S. The zero-order valence-electron chi connectivity index (χ0n) is 16.6. The number of sulfone groups is 1. The first-order valence-electron chi connectivity index (χ1n) is 9.13. The maximum Gasteiger partial charge on any atom is 0.408 e. The smallest absolute Gasteiger partial charge is 0.408 e. The summed E-state index contributed by atoms with van der Waals surface area (Å²) in [6.45, 7) is 5.01. The van der Waals surface area contributed by atoms with E-state index in [0.29, 0.717) is 21.9 Å². The number of nitrogens with one attached hydrogen (secondary N) is 1. The lowest BCUT2D eigenvalue weighted by Gasteiger charge is -2.22. The summed E-state index contributed by atoms with van der Waals surface area (Å²) in [4.78, 5) is 24.7. The van der Waals surface area contributed by atoms with Gasteiger partial charge in [-0.1, -0.05) is 35.3 Å². The zero-order chi connectivity index (χ0) is 22.3. The Kier molecular flexibility index (Phi) is 5.93. The molecule has 2 aromatic rings. The van der Waals surface area contributed by atoms with Crippen molar-refractivity contribution in [1.29, 1.82) is 0 Å². The van der Waals surface area contributed by atoms with Crippen molar-refractivity contribution in [2.45, 2.75) is 48.0 Å². The van der Waals surface area contributed by atoms with E-state index in [0.717, 1.165) is 0 Å². The average molecular weight is 470 g/mol. The number of carbonyl (C=O) groups excluding carboxylic acids is 2. The highest BCUT2D eigenvalue weighted by Gasteiger charge is 2.73. The summed E-state index contributed by atoms with van der Waals surface area (Å²) in [7, 11) is -4.00. The van der Waals surface area contributed by atoms with Crippen molar-refractivity contribution < 1.29 is 22.7 Å². The largest absolute Gasteiger partial charge is 0.444 e. The van der Waals surface area contributed by atoms with Gasteiger partial charge in [0.15, 0.2) is 9.84 Å². The highest BCUT2D eigenvalue weighted by atomic mass is 35.5. The molecule has 0 radical (unpaired) electrons. The summed E-state index contributed by atoms with van der Waals surface area (Å²) in [5, 5.41) is 2.04.